The van der Waals surface area contributed by atoms with Crippen LogP contribution in [-0.2, 0) is 25.9 Å². The Morgan fingerprint density at radius 1 is 1.27 bits per heavy atom. The summed E-state index contributed by atoms with van der Waals surface area (Å²) < 4.78 is 28.1. The summed E-state index contributed by atoms with van der Waals surface area (Å²) in [5, 5.41) is 0. The van der Waals surface area contributed by atoms with Crippen LogP contribution in [0.3, 0.4) is 0 Å². The van der Waals surface area contributed by atoms with Crippen molar-refractivity contribution in [3.8, 4) is 0 Å². The minimum Gasteiger partial charge on any atom is -0.380 e. The van der Waals surface area contributed by atoms with E-state index in [9.17, 15) is 13.2 Å². The molecule has 0 saturated heterocycles. The predicted octanol–water partition coefficient (Wildman–Crippen LogP) is 2.26. The molecular formula is C14H19Cl2NO4S. The Kier molecular flexibility index (Phi) is 7.62. The molecule has 0 aromatic heterocycles. The van der Waals surface area contributed by atoms with E-state index in [4.69, 9.17) is 27.9 Å². The number of amides is 1. The molecule has 5 nitrogen and oxygen atoms in total. The molecule has 0 saturated carbocycles. The van der Waals surface area contributed by atoms with E-state index in [1.54, 1.807) is 12.1 Å². The third-order valence-corrected chi connectivity index (χ3v) is 4.43. The molecule has 0 radical (unpaired) electrons. The second-order valence-electron chi connectivity index (χ2n) is 4.67. The third kappa shape index (κ3) is 6.12. The van der Waals surface area contributed by atoms with Gasteiger partial charge in [0.15, 0.2) is 14.7 Å². The van der Waals surface area contributed by atoms with Crippen molar-refractivity contribution in [2.75, 3.05) is 26.0 Å². The van der Waals surface area contributed by atoms with Gasteiger partial charge in [0.05, 0.1) is 11.5 Å². The zero-order valence-electron chi connectivity index (χ0n) is 12.5. The maximum absolute atomic E-state index is 12.0. The van der Waals surface area contributed by atoms with E-state index in [0.29, 0.717) is 19.8 Å². The molecule has 0 heterocycles. The van der Waals surface area contributed by atoms with E-state index in [1.807, 2.05) is 6.92 Å². The fourth-order valence-corrected chi connectivity index (χ4v) is 2.69. The van der Waals surface area contributed by atoms with Crippen LogP contribution in [0.2, 0.25) is 0 Å². The first-order valence-corrected chi connectivity index (χ1v) is 9.45. The summed E-state index contributed by atoms with van der Waals surface area (Å²) in [5.74, 6) is -0.407. The van der Waals surface area contributed by atoms with Gasteiger partial charge in [-0.1, -0.05) is 35.3 Å². The molecule has 0 unspecified atom stereocenters. The molecule has 1 aromatic rings. The van der Waals surface area contributed by atoms with Gasteiger partial charge in [-0.05, 0) is 24.6 Å². The van der Waals surface area contributed by atoms with Crippen LogP contribution in [0, 0.1) is 0 Å². The van der Waals surface area contributed by atoms with Crippen LogP contribution in [0.5, 0.6) is 0 Å². The van der Waals surface area contributed by atoms with Gasteiger partial charge >= 0.3 is 0 Å². The van der Waals surface area contributed by atoms with Crippen LogP contribution in [0.4, 0.5) is 0 Å². The third-order valence-electron chi connectivity index (χ3n) is 2.93. The van der Waals surface area contributed by atoms with E-state index in [0.717, 1.165) is 11.8 Å². The topological polar surface area (TPSA) is 63.7 Å². The van der Waals surface area contributed by atoms with Gasteiger partial charge in [0.2, 0.25) is 0 Å². The fourth-order valence-electron chi connectivity index (χ4n) is 1.79. The Bertz CT molecular complexity index is 587. The largest absolute Gasteiger partial charge is 0.380 e. The van der Waals surface area contributed by atoms with Crippen molar-refractivity contribution in [3.05, 3.63) is 29.8 Å². The van der Waals surface area contributed by atoms with Crippen molar-refractivity contribution in [2.45, 2.75) is 23.2 Å². The lowest BCUT2D eigenvalue weighted by molar-refractivity contribution is -0.130. The van der Waals surface area contributed by atoms with E-state index < -0.39 is 20.6 Å². The average molecular weight is 368 g/mol. The van der Waals surface area contributed by atoms with Gasteiger partial charge in [-0.2, -0.15) is 0 Å². The molecular weight excluding hydrogens is 349 g/mol. The Morgan fingerprint density at radius 2 is 1.86 bits per heavy atom. The molecule has 1 rings (SSSR count). The molecule has 0 bridgehead atoms. The molecule has 0 aliphatic rings. The van der Waals surface area contributed by atoms with E-state index in [-0.39, 0.29) is 11.4 Å². The van der Waals surface area contributed by atoms with Gasteiger partial charge in [-0.15, -0.1) is 0 Å². The monoisotopic (exact) mass is 367 g/mol. The van der Waals surface area contributed by atoms with Gasteiger partial charge in [-0.3, -0.25) is 4.79 Å². The van der Waals surface area contributed by atoms with Crippen molar-refractivity contribution in [2.24, 2.45) is 0 Å². The lowest BCUT2D eigenvalue weighted by atomic mass is 10.2. The van der Waals surface area contributed by atoms with Crippen molar-refractivity contribution >= 4 is 38.9 Å². The zero-order chi connectivity index (χ0) is 16.8. The van der Waals surface area contributed by atoms with Crippen LogP contribution >= 0.6 is 23.2 Å². The first kappa shape index (κ1) is 19.2. The van der Waals surface area contributed by atoms with Crippen molar-refractivity contribution in [1.29, 1.82) is 0 Å². The average Bonchev–Trinajstić information content (AvgIpc) is 2.45. The highest BCUT2D eigenvalue weighted by atomic mass is 35.5. The highest BCUT2D eigenvalue weighted by molar-refractivity contribution is 7.90. The lowest BCUT2D eigenvalue weighted by Gasteiger charge is -2.23. The Balaban J connectivity index is 2.82. The summed E-state index contributed by atoms with van der Waals surface area (Å²) in [6, 6.07) is 6.34. The van der Waals surface area contributed by atoms with E-state index in [2.05, 4.69) is 0 Å². The maximum Gasteiger partial charge on any atom is 0.256 e. The molecule has 0 aliphatic carbocycles. The Hall–Kier alpha value is -0.820. The van der Waals surface area contributed by atoms with Gasteiger partial charge in [0.1, 0.15) is 0 Å². The molecule has 0 spiro atoms. The van der Waals surface area contributed by atoms with Crippen LogP contribution in [0.25, 0.3) is 0 Å². The smallest absolute Gasteiger partial charge is 0.256 e. The summed E-state index contributed by atoms with van der Waals surface area (Å²) in [4.78, 5) is 12.6. The minimum atomic E-state index is -3.24. The van der Waals surface area contributed by atoms with Crippen LogP contribution in [0.15, 0.2) is 29.2 Å². The highest BCUT2D eigenvalue weighted by Crippen LogP contribution is 2.14. The Morgan fingerprint density at radius 3 is 2.32 bits per heavy atom. The molecule has 0 aliphatic heterocycles. The number of ether oxygens (including phenoxy) is 1. The highest BCUT2D eigenvalue weighted by Gasteiger charge is 2.20. The SMILES string of the molecule is CCOCCN(Cc1ccc(S(C)(=O)=O)cc1)C(=O)C(Cl)Cl. The summed E-state index contributed by atoms with van der Waals surface area (Å²) in [7, 11) is -3.24. The Labute approximate surface area is 141 Å². The maximum atomic E-state index is 12.0. The molecule has 0 fully saturated rings. The number of rotatable bonds is 8. The van der Waals surface area contributed by atoms with Gasteiger partial charge < -0.3 is 9.64 Å². The second-order valence-corrected chi connectivity index (χ2v) is 7.79. The molecule has 22 heavy (non-hydrogen) atoms. The number of benzene rings is 1. The van der Waals surface area contributed by atoms with Crippen molar-refractivity contribution in [1.82, 2.24) is 4.90 Å². The number of halogens is 2. The quantitative estimate of drug-likeness (QED) is 0.522. The zero-order valence-corrected chi connectivity index (χ0v) is 14.8. The molecule has 1 amide bonds. The number of hydrogen-bond acceptors (Lipinski definition) is 4. The van der Waals surface area contributed by atoms with Gasteiger partial charge in [-0.25, -0.2) is 8.42 Å². The molecule has 0 N–H and O–H groups in total. The molecule has 0 atom stereocenters. The number of carbonyl (C=O) groups is 1. The molecule has 124 valence electrons. The molecule has 8 heteroatoms. The van der Waals surface area contributed by atoms with E-state index >= 15 is 0 Å². The summed E-state index contributed by atoms with van der Waals surface area (Å²) >= 11 is 11.3. The standard InChI is InChI=1S/C14H19Cl2NO4S/c1-3-21-9-8-17(14(18)13(15)16)10-11-4-6-12(7-5-11)22(2,19)20/h4-7,13H,3,8-10H2,1-2H3. The predicted molar refractivity (Wildman–Crippen MR) is 87.0 cm³/mol. The van der Waals surface area contributed by atoms with E-state index in [1.165, 1.54) is 17.0 Å². The number of alkyl halides is 2. The first-order valence-electron chi connectivity index (χ1n) is 6.69. The summed E-state index contributed by atoms with van der Waals surface area (Å²) in [5.41, 5.74) is 0.784. The van der Waals surface area contributed by atoms with Crippen molar-refractivity contribution < 1.29 is 17.9 Å². The van der Waals surface area contributed by atoms with Gasteiger partial charge in [0, 0.05) is 26.0 Å². The summed E-state index contributed by atoms with van der Waals surface area (Å²) in [6.45, 7) is 3.44. The molecule has 1 aromatic carbocycles. The number of hydrogen-bond donors (Lipinski definition) is 0. The van der Waals surface area contributed by atoms with Crippen LogP contribution in [-0.4, -0.2) is 50.1 Å². The van der Waals surface area contributed by atoms with Crippen molar-refractivity contribution in [3.63, 3.8) is 0 Å². The first-order chi connectivity index (χ1) is 10.3. The second kappa shape index (κ2) is 8.72. The lowest BCUT2D eigenvalue weighted by Crippen LogP contribution is -2.37. The number of carbonyl (C=O) groups excluding carboxylic acids is 1. The van der Waals surface area contributed by atoms with Crippen LogP contribution in [0.1, 0.15) is 12.5 Å². The fraction of sp³-hybridized carbons (Fsp3) is 0.500. The number of nitrogens with zero attached hydrogens (tertiary/aromatic N) is 1. The number of sulfone groups is 1. The van der Waals surface area contributed by atoms with Gasteiger partial charge in [0.25, 0.3) is 5.91 Å². The normalized spacial score (nSPS) is 11.7. The minimum absolute atomic E-state index is 0.232. The van der Waals surface area contributed by atoms with Crippen LogP contribution < -0.4 is 0 Å². The summed E-state index contributed by atoms with van der Waals surface area (Å²) in [6.07, 6.45) is 1.14.